The SMILES string of the molecule is Cc1cc([NH3+])c(OC(C)C)cc1C1CCN(Cc2ccccc2)CC1. The van der Waals surface area contributed by atoms with Crippen molar-refractivity contribution in [1.82, 2.24) is 4.90 Å². The van der Waals surface area contributed by atoms with Crippen molar-refractivity contribution in [1.29, 1.82) is 0 Å². The normalized spacial score (nSPS) is 16.4. The first kappa shape index (κ1) is 18.0. The van der Waals surface area contributed by atoms with Crippen LogP contribution in [0.2, 0.25) is 0 Å². The van der Waals surface area contributed by atoms with Crippen LogP contribution in [0.25, 0.3) is 0 Å². The fraction of sp³-hybridized carbons (Fsp3) is 0.455. The van der Waals surface area contributed by atoms with E-state index in [0.29, 0.717) is 5.92 Å². The van der Waals surface area contributed by atoms with E-state index in [9.17, 15) is 0 Å². The summed E-state index contributed by atoms with van der Waals surface area (Å²) in [6.07, 6.45) is 2.61. The van der Waals surface area contributed by atoms with E-state index in [1.165, 1.54) is 29.5 Å². The van der Waals surface area contributed by atoms with Crippen LogP contribution in [0.1, 0.15) is 49.3 Å². The van der Waals surface area contributed by atoms with Crippen molar-refractivity contribution in [3.8, 4) is 5.75 Å². The number of hydrogen-bond donors (Lipinski definition) is 1. The number of rotatable bonds is 5. The molecule has 1 aliphatic heterocycles. The van der Waals surface area contributed by atoms with Gasteiger partial charge in [-0.05, 0) is 75.4 Å². The van der Waals surface area contributed by atoms with Gasteiger partial charge in [-0.3, -0.25) is 4.90 Å². The zero-order valence-corrected chi connectivity index (χ0v) is 15.8. The van der Waals surface area contributed by atoms with Gasteiger partial charge in [0.1, 0.15) is 0 Å². The summed E-state index contributed by atoms with van der Waals surface area (Å²) in [6, 6.07) is 15.2. The summed E-state index contributed by atoms with van der Waals surface area (Å²) in [7, 11) is 0. The summed E-state index contributed by atoms with van der Waals surface area (Å²) in [5.41, 5.74) is 9.35. The first-order valence-corrected chi connectivity index (χ1v) is 9.42. The third-order valence-electron chi connectivity index (χ3n) is 5.09. The first-order chi connectivity index (χ1) is 12.0. The number of nitrogens with zero attached hydrogens (tertiary/aromatic N) is 1. The number of likely N-dealkylation sites (tertiary alicyclic amines) is 1. The molecule has 1 saturated heterocycles. The Labute approximate surface area is 151 Å². The molecule has 0 saturated carbocycles. The predicted molar refractivity (Wildman–Crippen MR) is 103 cm³/mol. The third kappa shape index (κ3) is 4.62. The minimum absolute atomic E-state index is 0.184. The standard InChI is InChI=1S/C22H30N2O/c1-16(2)25-22-14-20(17(3)13-21(22)23)19-9-11-24(12-10-19)15-18-7-5-4-6-8-18/h4-8,13-14,16,19H,9-12,15,23H2,1-3H3/p+1. The zero-order chi connectivity index (χ0) is 17.8. The average Bonchev–Trinajstić information content (AvgIpc) is 2.59. The second-order valence-electron chi connectivity index (χ2n) is 7.52. The molecule has 1 fully saturated rings. The van der Waals surface area contributed by atoms with Gasteiger partial charge in [0, 0.05) is 12.6 Å². The number of quaternary nitrogens is 1. The molecule has 2 aromatic rings. The third-order valence-corrected chi connectivity index (χ3v) is 5.09. The Morgan fingerprint density at radius 3 is 2.44 bits per heavy atom. The number of ether oxygens (including phenoxy) is 1. The van der Waals surface area contributed by atoms with Gasteiger partial charge in [-0.2, -0.15) is 0 Å². The predicted octanol–water partition coefficient (Wildman–Crippen LogP) is 4.04. The van der Waals surface area contributed by atoms with Gasteiger partial charge in [0.15, 0.2) is 11.4 Å². The highest BCUT2D eigenvalue weighted by atomic mass is 16.5. The molecule has 2 aromatic carbocycles. The largest absolute Gasteiger partial charge is 0.485 e. The molecule has 0 atom stereocenters. The van der Waals surface area contributed by atoms with Crippen LogP contribution in [-0.2, 0) is 6.54 Å². The fourth-order valence-electron chi connectivity index (χ4n) is 3.81. The molecule has 3 heteroatoms. The Morgan fingerprint density at radius 2 is 1.80 bits per heavy atom. The van der Waals surface area contributed by atoms with Crippen molar-refractivity contribution in [3.63, 3.8) is 0 Å². The minimum atomic E-state index is 0.184. The molecule has 0 spiro atoms. The lowest BCUT2D eigenvalue weighted by atomic mass is 9.86. The highest BCUT2D eigenvalue weighted by Crippen LogP contribution is 2.35. The summed E-state index contributed by atoms with van der Waals surface area (Å²) >= 11 is 0. The van der Waals surface area contributed by atoms with E-state index in [-0.39, 0.29) is 6.10 Å². The molecule has 0 amide bonds. The molecule has 1 heterocycles. The van der Waals surface area contributed by atoms with E-state index >= 15 is 0 Å². The molecular weight excluding hydrogens is 308 g/mol. The van der Waals surface area contributed by atoms with Crippen molar-refractivity contribution in [3.05, 3.63) is 59.2 Å². The number of benzene rings is 2. The van der Waals surface area contributed by atoms with Crippen LogP contribution in [0, 0.1) is 6.92 Å². The molecule has 0 bridgehead atoms. The molecule has 1 aliphatic rings. The summed E-state index contributed by atoms with van der Waals surface area (Å²) < 4.78 is 5.96. The van der Waals surface area contributed by atoms with E-state index in [1.54, 1.807) is 0 Å². The molecule has 0 aliphatic carbocycles. The lowest BCUT2D eigenvalue weighted by Gasteiger charge is -2.33. The molecule has 3 N–H and O–H groups in total. The number of piperidine rings is 1. The molecule has 25 heavy (non-hydrogen) atoms. The molecular formula is C22H31N2O+. The lowest BCUT2D eigenvalue weighted by molar-refractivity contribution is -0.257. The second-order valence-corrected chi connectivity index (χ2v) is 7.52. The Hall–Kier alpha value is -1.84. The van der Waals surface area contributed by atoms with Crippen molar-refractivity contribution >= 4 is 5.69 Å². The Balaban J connectivity index is 1.66. The van der Waals surface area contributed by atoms with Gasteiger partial charge in [-0.15, -0.1) is 0 Å². The van der Waals surface area contributed by atoms with E-state index in [0.717, 1.165) is 31.1 Å². The average molecular weight is 340 g/mol. The van der Waals surface area contributed by atoms with Gasteiger partial charge in [-0.25, -0.2) is 0 Å². The van der Waals surface area contributed by atoms with Gasteiger partial charge >= 0.3 is 0 Å². The number of hydrogen-bond acceptors (Lipinski definition) is 2. The highest BCUT2D eigenvalue weighted by Gasteiger charge is 2.23. The van der Waals surface area contributed by atoms with Gasteiger partial charge in [-0.1, -0.05) is 30.3 Å². The molecule has 134 valence electrons. The van der Waals surface area contributed by atoms with E-state index < -0.39 is 0 Å². The molecule has 3 rings (SSSR count). The van der Waals surface area contributed by atoms with E-state index in [1.807, 2.05) is 0 Å². The van der Waals surface area contributed by atoms with Gasteiger partial charge in [0.25, 0.3) is 0 Å². The smallest absolute Gasteiger partial charge is 0.180 e. The Morgan fingerprint density at radius 1 is 1.12 bits per heavy atom. The maximum atomic E-state index is 5.96. The monoisotopic (exact) mass is 339 g/mol. The highest BCUT2D eigenvalue weighted by molar-refractivity contribution is 5.52. The first-order valence-electron chi connectivity index (χ1n) is 9.42. The van der Waals surface area contributed by atoms with Gasteiger partial charge < -0.3 is 10.5 Å². The van der Waals surface area contributed by atoms with Crippen LogP contribution < -0.4 is 10.5 Å². The maximum Gasteiger partial charge on any atom is 0.180 e. The van der Waals surface area contributed by atoms with Crippen LogP contribution in [0.15, 0.2) is 42.5 Å². The van der Waals surface area contributed by atoms with Crippen molar-refractivity contribution in [2.45, 2.75) is 52.2 Å². The molecule has 3 nitrogen and oxygen atoms in total. The molecule has 0 aromatic heterocycles. The topological polar surface area (TPSA) is 40.1 Å². The van der Waals surface area contributed by atoms with Gasteiger partial charge in [0.05, 0.1) is 6.10 Å². The minimum Gasteiger partial charge on any atom is -0.485 e. The Kier molecular flexibility index (Phi) is 5.77. The van der Waals surface area contributed by atoms with Crippen LogP contribution >= 0.6 is 0 Å². The lowest BCUT2D eigenvalue weighted by Crippen LogP contribution is -2.41. The van der Waals surface area contributed by atoms with Gasteiger partial charge in [0.2, 0.25) is 0 Å². The molecule has 0 unspecified atom stereocenters. The van der Waals surface area contributed by atoms with Crippen LogP contribution in [-0.4, -0.2) is 24.1 Å². The summed E-state index contributed by atoms with van der Waals surface area (Å²) in [4.78, 5) is 2.57. The van der Waals surface area contributed by atoms with E-state index in [4.69, 9.17) is 4.74 Å². The van der Waals surface area contributed by atoms with Crippen molar-refractivity contribution in [2.24, 2.45) is 0 Å². The number of aryl methyl sites for hydroxylation is 1. The summed E-state index contributed by atoms with van der Waals surface area (Å²) in [5.74, 6) is 1.57. The second kappa shape index (κ2) is 8.03. The summed E-state index contributed by atoms with van der Waals surface area (Å²) in [5, 5.41) is 0. The Bertz CT molecular complexity index is 689. The van der Waals surface area contributed by atoms with Crippen LogP contribution in [0.4, 0.5) is 5.69 Å². The molecule has 0 radical (unpaired) electrons. The van der Waals surface area contributed by atoms with Crippen molar-refractivity contribution < 1.29 is 10.5 Å². The summed E-state index contributed by atoms with van der Waals surface area (Å²) in [6.45, 7) is 9.73. The zero-order valence-electron chi connectivity index (χ0n) is 15.8. The van der Waals surface area contributed by atoms with E-state index in [2.05, 4.69) is 73.9 Å². The van der Waals surface area contributed by atoms with Crippen molar-refractivity contribution in [2.75, 3.05) is 13.1 Å². The van der Waals surface area contributed by atoms with Crippen LogP contribution in [0.5, 0.6) is 5.75 Å². The van der Waals surface area contributed by atoms with Crippen LogP contribution in [0.3, 0.4) is 0 Å². The fourth-order valence-corrected chi connectivity index (χ4v) is 3.81. The maximum absolute atomic E-state index is 5.96. The quantitative estimate of drug-likeness (QED) is 0.893.